The highest BCUT2D eigenvalue weighted by Gasteiger charge is 2.16. The smallest absolute Gasteiger partial charge is 0.237 e. The summed E-state index contributed by atoms with van der Waals surface area (Å²) in [4.78, 5) is 13.2. The Morgan fingerprint density at radius 2 is 1.67 bits per heavy atom. The van der Waals surface area contributed by atoms with Crippen LogP contribution in [0.25, 0.3) is 0 Å². The first-order chi connectivity index (χ1) is 11.4. The molecule has 0 aromatic heterocycles. The van der Waals surface area contributed by atoms with Crippen molar-refractivity contribution >= 4 is 46.6 Å². The van der Waals surface area contributed by atoms with Crippen molar-refractivity contribution in [2.24, 2.45) is 0 Å². The first-order valence-corrected chi connectivity index (χ1v) is 8.72. The molecule has 24 heavy (non-hydrogen) atoms. The molecule has 1 amide bonds. The van der Waals surface area contributed by atoms with E-state index < -0.39 is 0 Å². The molecule has 0 aliphatic heterocycles. The van der Waals surface area contributed by atoms with Gasteiger partial charge in [0.15, 0.2) is 11.5 Å². The Morgan fingerprint density at radius 1 is 1.04 bits per heavy atom. The van der Waals surface area contributed by atoms with E-state index in [0.29, 0.717) is 27.2 Å². The lowest BCUT2D eigenvalue weighted by molar-refractivity contribution is -0.115. The number of methoxy groups -OCH3 is 2. The molecule has 0 heterocycles. The summed E-state index contributed by atoms with van der Waals surface area (Å²) in [6.45, 7) is 1.82. The number of benzene rings is 2. The summed E-state index contributed by atoms with van der Waals surface area (Å²) in [5.74, 6) is 1.12. The maximum Gasteiger partial charge on any atom is 0.237 e. The summed E-state index contributed by atoms with van der Waals surface area (Å²) < 4.78 is 10.5. The van der Waals surface area contributed by atoms with Gasteiger partial charge >= 0.3 is 0 Å². The minimum Gasteiger partial charge on any atom is -0.493 e. The van der Waals surface area contributed by atoms with Gasteiger partial charge in [-0.15, -0.1) is 11.8 Å². The highest BCUT2D eigenvalue weighted by Crippen LogP contribution is 2.34. The number of amides is 1. The molecular weight excluding hydrogens is 369 g/mol. The molecule has 0 saturated heterocycles. The van der Waals surface area contributed by atoms with Crippen LogP contribution in [0.3, 0.4) is 0 Å². The summed E-state index contributed by atoms with van der Waals surface area (Å²) >= 11 is 13.3. The number of thioether (sulfide) groups is 1. The lowest BCUT2D eigenvalue weighted by Crippen LogP contribution is -2.22. The minimum atomic E-state index is -0.319. The predicted octanol–water partition coefficient (Wildman–Crippen LogP) is 5.13. The van der Waals surface area contributed by atoms with Crippen molar-refractivity contribution in [3.63, 3.8) is 0 Å². The van der Waals surface area contributed by atoms with E-state index in [9.17, 15) is 4.79 Å². The van der Waals surface area contributed by atoms with Crippen LogP contribution in [-0.2, 0) is 4.79 Å². The summed E-state index contributed by atoms with van der Waals surface area (Å²) in [7, 11) is 3.15. The first-order valence-electron chi connectivity index (χ1n) is 7.08. The molecule has 2 aromatic carbocycles. The standard InChI is InChI=1S/C17H17Cl2NO3S/c1-10(17(21)20-13-7-11(18)6-12(19)8-13)24-14-4-5-15(22-2)16(9-14)23-3/h4-10H,1-3H3,(H,20,21)/t10-/m0/s1. The summed E-state index contributed by atoms with van der Waals surface area (Å²) in [6, 6.07) is 10.4. The van der Waals surface area contributed by atoms with Gasteiger partial charge in [0.05, 0.1) is 19.5 Å². The topological polar surface area (TPSA) is 47.6 Å². The lowest BCUT2D eigenvalue weighted by Gasteiger charge is -2.14. The van der Waals surface area contributed by atoms with Crippen LogP contribution in [0.15, 0.2) is 41.3 Å². The molecule has 2 rings (SSSR count). The molecule has 4 nitrogen and oxygen atoms in total. The Bertz CT molecular complexity index is 720. The van der Waals surface area contributed by atoms with Crippen molar-refractivity contribution in [2.75, 3.05) is 19.5 Å². The van der Waals surface area contributed by atoms with Crippen LogP contribution >= 0.6 is 35.0 Å². The third-order valence-electron chi connectivity index (χ3n) is 3.17. The van der Waals surface area contributed by atoms with E-state index in [4.69, 9.17) is 32.7 Å². The maximum absolute atomic E-state index is 12.3. The van der Waals surface area contributed by atoms with E-state index in [1.54, 1.807) is 32.4 Å². The van der Waals surface area contributed by atoms with E-state index in [-0.39, 0.29) is 11.2 Å². The number of carbonyl (C=O) groups excluding carboxylic acids is 1. The molecular formula is C17H17Cl2NO3S. The second kappa shape index (κ2) is 8.51. The van der Waals surface area contributed by atoms with Gasteiger partial charge in [-0.1, -0.05) is 23.2 Å². The highest BCUT2D eigenvalue weighted by molar-refractivity contribution is 8.00. The fraction of sp³-hybridized carbons (Fsp3) is 0.235. The van der Waals surface area contributed by atoms with Crippen molar-refractivity contribution in [1.29, 1.82) is 0 Å². The van der Waals surface area contributed by atoms with Crippen molar-refractivity contribution in [3.8, 4) is 11.5 Å². The van der Waals surface area contributed by atoms with Gasteiger partial charge in [-0.3, -0.25) is 4.79 Å². The van der Waals surface area contributed by atoms with Gasteiger partial charge in [0.25, 0.3) is 0 Å². The Labute approximate surface area is 155 Å². The normalized spacial score (nSPS) is 11.7. The Kier molecular flexibility index (Phi) is 6.66. The minimum absolute atomic E-state index is 0.145. The largest absolute Gasteiger partial charge is 0.493 e. The molecule has 2 aromatic rings. The average molecular weight is 386 g/mol. The second-order valence-corrected chi connectivity index (χ2v) is 7.21. The molecule has 0 fully saturated rings. The highest BCUT2D eigenvalue weighted by atomic mass is 35.5. The summed E-state index contributed by atoms with van der Waals surface area (Å²) in [6.07, 6.45) is 0. The number of anilines is 1. The number of hydrogen-bond acceptors (Lipinski definition) is 4. The van der Waals surface area contributed by atoms with Crippen molar-refractivity contribution in [2.45, 2.75) is 17.1 Å². The van der Waals surface area contributed by atoms with Crippen LogP contribution in [0.4, 0.5) is 5.69 Å². The van der Waals surface area contributed by atoms with E-state index in [2.05, 4.69) is 5.32 Å². The van der Waals surface area contributed by atoms with Gasteiger partial charge in [-0.2, -0.15) is 0 Å². The van der Waals surface area contributed by atoms with Crippen LogP contribution in [-0.4, -0.2) is 25.4 Å². The zero-order valence-electron chi connectivity index (χ0n) is 13.4. The lowest BCUT2D eigenvalue weighted by atomic mass is 10.3. The Morgan fingerprint density at radius 3 is 2.25 bits per heavy atom. The Balaban J connectivity index is 2.06. The second-order valence-electron chi connectivity index (χ2n) is 4.92. The van der Waals surface area contributed by atoms with Crippen LogP contribution in [0, 0.1) is 0 Å². The van der Waals surface area contributed by atoms with Gasteiger partial charge in [0, 0.05) is 20.6 Å². The SMILES string of the molecule is COc1ccc(S[C@@H](C)C(=O)Nc2cc(Cl)cc(Cl)c2)cc1OC. The third-order valence-corrected chi connectivity index (χ3v) is 4.70. The van der Waals surface area contributed by atoms with Gasteiger partial charge in [0.1, 0.15) is 0 Å². The van der Waals surface area contributed by atoms with E-state index in [1.807, 2.05) is 25.1 Å². The maximum atomic E-state index is 12.3. The fourth-order valence-electron chi connectivity index (χ4n) is 2.02. The average Bonchev–Trinajstić information content (AvgIpc) is 2.53. The van der Waals surface area contributed by atoms with Crippen molar-refractivity contribution in [1.82, 2.24) is 0 Å². The van der Waals surface area contributed by atoms with E-state index in [0.717, 1.165) is 4.90 Å². The number of rotatable bonds is 6. The number of halogens is 2. The molecule has 0 radical (unpaired) electrons. The number of hydrogen-bond donors (Lipinski definition) is 1. The molecule has 0 bridgehead atoms. The van der Waals surface area contributed by atoms with Gasteiger partial charge < -0.3 is 14.8 Å². The van der Waals surface area contributed by atoms with E-state index in [1.165, 1.54) is 11.8 Å². The zero-order valence-corrected chi connectivity index (χ0v) is 15.8. The fourth-order valence-corrected chi connectivity index (χ4v) is 3.44. The molecule has 0 aliphatic rings. The monoisotopic (exact) mass is 385 g/mol. The van der Waals surface area contributed by atoms with Crippen LogP contribution in [0.5, 0.6) is 11.5 Å². The van der Waals surface area contributed by atoms with Gasteiger partial charge in [-0.25, -0.2) is 0 Å². The van der Waals surface area contributed by atoms with Crippen molar-refractivity contribution in [3.05, 3.63) is 46.4 Å². The van der Waals surface area contributed by atoms with Crippen molar-refractivity contribution < 1.29 is 14.3 Å². The van der Waals surface area contributed by atoms with Crippen LogP contribution in [0.2, 0.25) is 10.0 Å². The Hall–Kier alpha value is -1.56. The van der Waals surface area contributed by atoms with Crippen LogP contribution < -0.4 is 14.8 Å². The molecule has 0 unspecified atom stereocenters. The molecule has 0 saturated carbocycles. The number of ether oxygens (including phenoxy) is 2. The molecule has 1 N–H and O–H groups in total. The third kappa shape index (κ3) is 4.97. The number of carbonyl (C=O) groups is 1. The molecule has 0 spiro atoms. The molecule has 128 valence electrons. The van der Waals surface area contributed by atoms with Crippen LogP contribution in [0.1, 0.15) is 6.92 Å². The predicted molar refractivity (Wildman–Crippen MR) is 100.0 cm³/mol. The summed E-state index contributed by atoms with van der Waals surface area (Å²) in [5.41, 5.74) is 0.567. The zero-order chi connectivity index (χ0) is 17.7. The molecule has 1 atom stereocenters. The number of nitrogens with one attached hydrogen (secondary N) is 1. The molecule has 7 heteroatoms. The molecule has 0 aliphatic carbocycles. The van der Waals surface area contributed by atoms with Gasteiger partial charge in [0.2, 0.25) is 5.91 Å². The summed E-state index contributed by atoms with van der Waals surface area (Å²) in [5, 5.41) is 3.43. The quantitative estimate of drug-likeness (QED) is 0.700. The first kappa shape index (κ1) is 18.8. The van der Waals surface area contributed by atoms with Gasteiger partial charge in [-0.05, 0) is 43.3 Å². The van der Waals surface area contributed by atoms with E-state index >= 15 is 0 Å².